The van der Waals surface area contributed by atoms with E-state index in [1.165, 1.54) is 30.5 Å². The number of piperazine rings is 1. The van der Waals surface area contributed by atoms with Crippen molar-refractivity contribution in [2.75, 3.05) is 26.2 Å². The van der Waals surface area contributed by atoms with E-state index in [1.54, 1.807) is 0 Å². The van der Waals surface area contributed by atoms with E-state index in [9.17, 15) is 0 Å². The normalized spacial score (nSPS) is 26.3. The molecule has 1 saturated heterocycles. The highest BCUT2D eigenvalue weighted by Gasteiger charge is 2.27. The SMILES string of the molecule is CCCC1CN(CC2Cc3cc(C)ccc3O2)CCN1. The van der Waals surface area contributed by atoms with Crippen LogP contribution in [-0.2, 0) is 6.42 Å². The maximum atomic E-state index is 6.10. The molecular formula is C17H26N2O. The van der Waals surface area contributed by atoms with Gasteiger partial charge in [0.15, 0.2) is 0 Å². The van der Waals surface area contributed by atoms with Gasteiger partial charge in [-0.3, -0.25) is 4.90 Å². The quantitative estimate of drug-likeness (QED) is 0.912. The Balaban J connectivity index is 1.55. The van der Waals surface area contributed by atoms with Crippen molar-refractivity contribution in [1.29, 1.82) is 0 Å². The third kappa shape index (κ3) is 3.15. The van der Waals surface area contributed by atoms with Crippen molar-refractivity contribution < 1.29 is 4.74 Å². The number of aryl methyl sites for hydroxylation is 1. The third-order valence-corrected chi connectivity index (χ3v) is 4.40. The molecule has 3 nitrogen and oxygen atoms in total. The molecule has 0 radical (unpaired) electrons. The lowest BCUT2D eigenvalue weighted by Crippen LogP contribution is -2.52. The highest BCUT2D eigenvalue weighted by molar-refractivity contribution is 5.40. The van der Waals surface area contributed by atoms with Crippen molar-refractivity contribution >= 4 is 0 Å². The summed E-state index contributed by atoms with van der Waals surface area (Å²) in [6.07, 6.45) is 3.95. The molecule has 2 unspecified atom stereocenters. The van der Waals surface area contributed by atoms with Crippen LogP contribution in [0, 0.1) is 6.92 Å². The summed E-state index contributed by atoms with van der Waals surface area (Å²) in [4.78, 5) is 2.57. The maximum Gasteiger partial charge on any atom is 0.123 e. The predicted octanol–water partition coefficient (Wildman–Crippen LogP) is 2.37. The van der Waals surface area contributed by atoms with Gasteiger partial charge in [-0.1, -0.05) is 31.0 Å². The fourth-order valence-electron chi connectivity index (χ4n) is 3.44. The van der Waals surface area contributed by atoms with Gasteiger partial charge in [0.05, 0.1) is 0 Å². The van der Waals surface area contributed by atoms with Crippen LogP contribution in [0.5, 0.6) is 5.75 Å². The molecule has 2 aliphatic rings. The summed E-state index contributed by atoms with van der Waals surface area (Å²) < 4.78 is 6.10. The standard InChI is InChI=1S/C17H26N2O/c1-3-4-15-11-19(8-7-18-15)12-16-10-14-9-13(2)5-6-17(14)20-16/h5-6,9,15-16,18H,3-4,7-8,10-12H2,1-2H3. The van der Waals surface area contributed by atoms with Gasteiger partial charge in [0.25, 0.3) is 0 Å². The minimum absolute atomic E-state index is 0.340. The van der Waals surface area contributed by atoms with Crippen molar-refractivity contribution in [3.05, 3.63) is 29.3 Å². The Bertz CT molecular complexity index is 458. The lowest BCUT2D eigenvalue weighted by molar-refractivity contribution is 0.121. The van der Waals surface area contributed by atoms with Crippen molar-refractivity contribution in [2.24, 2.45) is 0 Å². The minimum atomic E-state index is 0.340. The minimum Gasteiger partial charge on any atom is -0.488 e. The largest absolute Gasteiger partial charge is 0.488 e. The molecular weight excluding hydrogens is 248 g/mol. The summed E-state index contributed by atoms with van der Waals surface area (Å²) in [7, 11) is 0. The van der Waals surface area contributed by atoms with Crippen molar-refractivity contribution in [3.63, 3.8) is 0 Å². The predicted molar refractivity (Wildman–Crippen MR) is 82.4 cm³/mol. The molecule has 0 bridgehead atoms. The molecule has 0 amide bonds. The number of benzene rings is 1. The Labute approximate surface area is 122 Å². The molecule has 3 heteroatoms. The summed E-state index contributed by atoms with van der Waals surface area (Å²) >= 11 is 0. The van der Waals surface area contributed by atoms with E-state index in [0.29, 0.717) is 12.1 Å². The van der Waals surface area contributed by atoms with E-state index >= 15 is 0 Å². The van der Waals surface area contributed by atoms with Gasteiger partial charge in [-0.15, -0.1) is 0 Å². The van der Waals surface area contributed by atoms with Crippen LogP contribution < -0.4 is 10.1 Å². The maximum absolute atomic E-state index is 6.10. The van der Waals surface area contributed by atoms with Gasteiger partial charge in [0, 0.05) is 38.6 Å². The second-order valence-corrected chi connectivity index (χ2v) is 6.25. The van der Waals surface area contributed by atoms with Crippen LogP contribution >= 0.6 is 0 Å². The molecule has 2 aliphatic heterocycles. The Morgan fingerprint density at radius 2 is 2.30 bits per heavy atom. The molecule has 1 aromatic rings. The van der Waals surface area contributed by atoms with Crippen LogP contribution in [0.4, 0.5) is 0 Å². The fraction of sp³-hybridized carbons (Fsp3) is 0.647. The molecule has 110 valence electrons. The second-order valence-electron chi connectivity index (χ2n) is 6.25. The average molecular weight is 274 g/mol. The van der Waals surface area contributed by atoms with Crippen molar-refractivity contribution in [2.45, 2.75) is 45.3 Å². The zero-order valence-corrected chi connectivity index (χ0v) is 12.7. The van der Waals surface area contributed by atoms with Gasteiger partial charge in [0.1, 0.15) is 11.9 Å². The number of rotatable bonds is 4. The smallest absolute Gasteiger partial charge is 0.123 e. The van der Waals surface area contributed by atoms with Gasteiger partial charge in [-0.05, 0) is 25.0 Å². The molecule has 1 N–H and O–H groups in total. The van der Waals surface area contributed by atoms with Gasteiger partial charge >= 0.3 is 0 Å². The summed E-state index contributed by atoms with van der Waals surface area (Å²) in [6.45, 7) is 8.91. The summed E-state index contributed by atoms with van der Waals surface area (Å²) in [6, 6.07) is 7.21. The molecule has 2 heterocycles. The van der Waals surface area contributed by atoms with Crippen LogP contribution in [0.1, 0.15) is 30.9 Å². The van der Waals surface area contributed by atoms with Crippen LogP contribution in [-0.4, -0.2) is 43.2 Å². The highest BCUT2D eigenvalue weighted by atomic mass is 16.5. The number of fused-ring (bicyclic) bond motifs is 1. The van der Waals surface area contributed by atoms with E-state index in [1.807, 2.05) is 0 Å². The summed E-state index contributed by atoms with van der Waals surface area (Å²) in [5.74, 6) is 1.10. The monoisotopic (exact) mass is 274 g/mol. The first-order valence-electron chi connectivity index (χ1n) is 7.96. The van der Waals surface area contributed by atoms with Crippen molar-refractivity contribution in [1.82, 2.24) is 10.2 Å². The molecule has 1 fully saturated rings. The number of nitrogens with one attached hydrogen (secondary N) is 1. The molecule has 1 aromatic carbocycles. The average Bonchev–Trinajstić information content (AvgIpc) is 2.81. The van der Waals surface area contributed by atoms with Gasteiger partial charge < -0.3 is 10.1 Å². The highest BCUT2D eigenvalue weighted by Crippen LogP contribution is 2.29. The van der Waals surface area contributed by atoms with Gasteiger partial charge in [-0.2, -0.15) is 0 Å². The number of nitrogens with zero attached hydrogens (tertiary/aromatic N) is 1. The molecule has 3 rings (SSSR count). The third-order valence-electron chi connectivity index (χ3n) is 4.40. The lowest BCUT2D eigenvalue weighted by Gasteiger charge is -2.34. The number of hydrogen-bond acceptors (Lipinski definition) is 3. The molecule has 0 aliphatic carbocycles. The van der Waals surface area contributed by atoms with Crippen LogP contribution in [0.25, 0.3) is 0 Å². The van der Waals surface area contributed by atoms with E-state index < -0.39 is 0 Å². The Morgan fingerprint density at radius 1 is 1.40 bits per heavy atom. The van der Waals surface area contributed by atoms with Crippen LogP contribution in [0.3, 0.4) is 0 Å². The van der Waals surface area contributed by atoms with Gasteiger partial charge in [0.2, 0.25) is 0 Å². The van der Waals surface area contributed by atoms with Crippen LogP contribution in [0.15, 0.2) is 18.2 Å². The van der Waals surface area contributed by atoms with E-state index in [2.05, 4.69) is 42.3 Å². The molecule has 2 atom stereocenters. The first-order valence-corrected chi connectivity index (χ1v) is 7.96. The van der Waals surface area contributed by atoms with Crippen LogP contribution in [0.2, 0.25) is 0 Å². The molecule has 0 aromatic heterocycles. The van der Waals surface area contributed by atoms with Gasteiger partial charge in [-0.25, -0.2) is 0 Å². The summed E-state index contributed by atoms with van der Waals surface area (Å²) in [5, 5.41) is 3.62. The number of ether oxygens (including phenoxy) is 1. The molecule has 0 spiro atoms. The van der Waals surface area contributed by atoms with E-state index in [-0.39, 0.29) is 0 Å². The Morgan fingerprint density at radius 3 is 3.15 bits per heavy atom. The van der Waals surface area contributed by atoms with E-state index in [4.69, 9.17) is 4.74 Å². The van der Waals surface area contributed by atoms with E-state index in [0.717, 1.165) is 31.8 Å². The Kier molecular flexibility index (Phi) is 4.27. The number of hydrogen-bond donors (Lipinski definition) is 1. The lowest BCUT2D eigenvalue weighted by atomic mass is 10.1. The van der Waals surface area contributed by atoms with Crippen molar-refractivity contribution in [3.8, 4) is 5.75 Å². The first kappa shape index (κ1) is 13.9. The first-order chi connectivity index (χ1) is 9.74. The topological polar surface area (TPSA) is 24.5 Å². The summed E-state index contributed by atoms with van der Waals surface area (Å²) in [5.41, 5.74) is 2.72. The molecule has 0 saturated carbocycles. The zero-order valence-electron chi connectivity index (χ0n) is 12.7. The molecule has 20 heavy (non-hydrogen) atoms. The fourth-order valence-corrected chi connectivity index (χ4v) is 3.44. The zero-order chi connectivity index (χ0) is 13.9. The Hall–Kier alpha value is -1.06. The second kappa shape index (κ2) is 6.15.